The summed E-state index contributed by atoms with van der Waals surface area (Å²) >= 11 is 0. The van der Waals surface area contributed by atoms with E-state index >= 15 is 0 Å². The van der Waals surface area contributed by atoms with Gasteiger partial charge < -0.3 is 10.0 Å². The van der Waals surface area contributed by atoms with Crippen molar-refractivity contribution in [3.63, 3.8) is 0 Å². The number of nitrogens with one attached hydrogen (secondary N) is 1. The number of benzene rings is 2. The zero-order chi connectivity index (χ0) is 16.4. The van der Waals surface area contributed by atoms with Crippen LogP contribution in [0.4, 0.5) is 5.69 Å². The number of aliphatic hydroxyl groups is 1. The van der Waals surface area contributed by atoms with E-state index in [1.54, 1.807) is 4.90 Å². The van der Waals surface area contributed by atoms with Crippen LogP contribution in [0.3, 0.4) is 0 Å². The molecule has 0 bridgehead atoms. The van der Waals surface area contributed by atoms with E-state index in [1.165, 1.54) is 0 Å². The third-order valence-electron chi connectivity index (χ3n) is 4.06. The highest BCUT2D eigenvalue weighted by atomic mass is 16.3. The molecule has 2 aromatic carbocycles. The molecule has 0 radical (unpaired) electrons. The van der Waals surface area contributed by atoms with Crippen molar-refractivity contribution < 1.29 is 5.11 Å². The van der Waals surface area contributed by atoms with E-state index in [0.29, 0.717) is 5.57 Å². The summed E-state index contributed by atoms with van der Waals surface area (Å²) in [5.74, 6) is 0.332. The Morgan fingerprint density at radius 3 is 2.39 bits per heavy atom. The first-order chi connectivity index (χ1) is 11.1. The van der Waals surface area contributed by atoms with E-state index in [4.69, 9.17) is 10.7 Å². The van der Waals surface area contributed by atoms with Gasteiger partial charge in [0.15, 0.2) is 0 Å². The number of hydrogen-bond donors (Lipinski definition) is 2. The Kier molecular flexibility index (Phi) is 3.86. The lowest BCUT2D eigenvalue weighted by Crippen LogP contribution is -2.26. The smallest absolute Gasteiger partial charge is 0.137 e. The summed E-state index contributed by atoms with van der Waals surface area (Å²) in [5, 5.41) is 27.7. The molecule has 1 heterocycles. The van der Waals surface area contributed by atoms with Crippen LogP contribution in [-0.4, -0.2) is 17.5 Å². The second kappa shape index (κ2) is 5.98. The lowest BCUT2D eigenvalue weighted by molar-refractivity contribution is 0.411. The molecule has 0 saturated heterocycles. The fourth-order valence-electron chi connectivity index (χ4n) is 2.73. The highest BCUT2D eigenvalue weighted by Crippen LogP contribution is 2.31. The number of nitriles is 1. The molecule has 114 valence electrons. The van der Waals surface area contributed by atoms with Gasteiger partial charge in [-0.3, -0.25) is 5.41 Å². The minimum Gasteiger partial charge on any atom is -0.510 e. The van der Waals surface area contributed by atoms with Crippen LogP contribution in [0, 0.1) is 16.7 Å². The van der Waals surface area contributed by atoms with Crippen molar-refractivity contribution in [1.29, 1.82) is 10.7 Å². The van der Waals surface area contributed by atoms with E-state index in [0.717, 1.165) is 16.8 Å². The molecular weight excluding hydrogens is 286 g/mol. The zero-order valence-electron chi connectivity index (χ0n) is 12.8. The molecule has 0 aromatic heterocycles. The Bertz CT molecular complexity index is 801. The second-order valence-corrected chi connectivity index (χ2v) is 5.56. The maximum atomic E-state index is 10.3. The van der Waals surface area contributed by atoms with Gasteiger partial charge in [-0.1, -0.05) is 42.5 Å². The van der Waals surface area contributed by atoms with Crippen molar-refractivity contribution in [2.75, 3.05) is 11.4 Å². The average Bonchev–Trinajstić information content (AvgIpc) is 2.89. The van der Waals surface area contributed by atoms with Gasteiger partial charge in [0.2, 0.25) is 0 Å². The van der Waals surface area contributed by atoms with Gasteiger partial charge in [-0.15, -0.1) is 0 Å². The molecule has 2 N–H and O–H groups in total. The Balaban J connectivity index is 1.87. The molecule has 0 aliphatic carbocycles. The number of hydrogen-bond acceptors (Lipinski definition) is 3. The first-order valence-corrected chi connectivity index (χ1v) is 7.45. The standard InChI is InChI=1S/C19H17N3O/c1-13(11-20)14-7-9-16(10-8-14)22-12-17(23)18(19(22)21)15-5-3-2-4-6-15/h2-10,13,21,23H,12H2,1H3/t13-/m0/s1. The Labute approximate surface area is 135 Å². The fourth-order valence-corrected chi connectivity index (χ4v) is 2.73. The molecule has 2 aromatic rings. The second-order valence-electron chi connectivity index (χ2n) is 5.56. The summed E-state index contributed by atoms with van der Waals surface area (Å²) in [5.41, 5.74) is 3.19. The first-order valence-electron chi connectivity index (χ1n) is 7.45. The van der Waals surface area contributed by atoms with Crippen LogP contribution >= 0.6 is 0 Å². The lowest BCUT2D eigenvalue weighted by atomic mass is 10.0. The molecule has 0 unspecified atom stereocenters. The predicted molar refractivity (Wildman–Crippen MR) is 91.5 cm³/mol. The summed E-state index contributed by atoms with van der Waals surface area (Å²) in [6.07, 6.45) is 0. The van der Waals surface area contributed by atoms with Gasteiger partial charge in [0.1, 0.15) is 11.6 Å². The Hall–Kier alpha value is -3.06. The van der Waals surface area contributed by atoms with Crippen LogP contribution in [0.2, 0.25) is 0 Å². The molecule has 23 heavy (non-hydrogen) atoms. The largest absolute Gasteiger partial charge is 0.510 e. The summed E-state index contributed by atoms with van der Waals surface area (Å²) in [6.45, 7) is 2.14. The summed E-state index contributed by atoms with van der Waals surface area (Å²) in [6, 6.07) is 19.3. The molecule has 4 nitrogen and oxygen atoms in total. The first kappa shape index (κ1) is 14.9. The minimum absolute atomic E-state index is 0.159. The van der Waals surface area contributed by atoms with Crippen molar-refractivity contribution in [3.8, 4) is 6.07 Å². The number of amidine groups is 1. The minimum atomic E-state index is -0.159. The number of anilines is 1. The predicted octanol–water partition coefficient (Wildman–Crippen LogP) is 4.08. The zero-order valence-corrected chi connectivity index (χ0v) is 12.8. The van der Waals surface area contributed by atoms with Crippen LogP contribution in [0.15, 0.2) is 60.4 Å². The van der Waals surface area contributed by atoms with Gasteiger partial charge in [0.25, 0.3) is 0 Å². The molecule has 1 aliphatic heterocycles. The van der Waals surface area contributed by atoms with Gasteiger partial charge in [0, 0.05) is 5.69 Å². The van der Waals surface area contributed by atoms with E-state index in [2.05, 4.69) is 6.07 Å². The van der Waals surface area contributed by atoms with Crippen LogP contribution in [0.1, 0.15) is 24.0 Å². The topological polar surface area (TPSA) is 71.1 Å². The van der Waals surface area contributed by atoms with E-state index < -0.39 is 0 Å². The molecule has 4 heteroatoms. The van der Waals surface area contributed by atoms with Gasteiger partial charge in [-0.25, -0.2) is 0 Å². The monoisotopic (exact) mass is 303 g/mol. The van der Waals surface area contributed by atoms with Gasteiger partial charge >= 0.3 is 0 Å². The summed E-state index contributed by atoms with van der Waals surface area (Å²) in [7, 11) is 0. The van der Waals surface area contributed by atoms with Crippen molar-refractivity contribution in [1.82, 2.24) is 0 Å². The van der Waals surface area contributed by atoms with Crippen molar-refractivity contribution >= 4 is 17.1 Å². The SMILES string of the molecule is C[C@@H](C#N)c1ccc(N2CC(O)=C(c3ccccc3)C2=N)cc1. The van der Waals surface area contributed by atoms with Crippen LogP contribution in [-0.2, 0) is 0 Å². The molecule has 0 saturated carbocycles. The highest BCUT2D eigenvalue weighted by Gasteiger charge is 2.29. The van der Waals surface area contributed by atoms with Crippen molar-refractivity contribution in [3.05, 3.63) is 71.5 Å². The fraction of sp³-hybridized carbons (Fsp3) is 0.158. The molecule has 1 aliphatic rings. The number of nitrogens with zero attached hydrogens (tertiary/aromatic N) is 2. The van der Waals surface area contributed by atoms with Gasteiger partial charge in [-0.05, 0) is 30.2 Å². The lowest BCUT2D eigenvalue weighted by Gasteiger charge is -2.19. The van der Waals surface area contributed by atoms with Crippen LogP contribution < -0.4 is 4.90 Å². The van der Waals surface area contributed by atoms with Gasteiger partial charge in [-0.2, -0.15) is 5.26 Å². The molecule has 0 fully saturated rings. The Morgan fingerprint density at radius 2 is 1.78 bits per heavy atom. The number of rotatable bonds is 3. The quantitative estimate of drug-likeness (QED) is 0.897. The molecule has 0 spiro atoms. The summed E-state index contributed by atoms with van der Waals surface area (Å²) < 4.78 is 0. The van der Waals surface area contributed by atoms with Crippen molar-refractivity contribution in [2.45, 2.75) is 12.8 Å². The normalized spacial score (nSPS) is 15.7. The van der Waals surface area contributed by atoms with Crippen molar-refractivity contribution in [2.24, 2.45) is 0 Å². The third kappa shape index (κ3) is 2.69. The molecule has 1 atom stereocenters. The molecular formula is C19H17N3O. The maximum Gasteiger partial charge on any atom is 0.137 e. The van der Waals surface area contributed by atoms with E-state index in [-0.39, 0.29) is 24.1 Å². The number of aliphatic hydroxyl groups excluding tert-OH is 1. The Morgan fingerprint density at radius 1 is 1.13 bits per heavy atom. The van der Waals surface area contributed by atoms with Gasteiger partial charge in [0.05, 0.1) is 24.1 Å². The third-order valence-corrected chi connectivity index (χ3v) is 4.06. The average molecular weight is 303 g/mol. The summed E-state index contributed by atoms with van der Waals surface area (Å²) in [4.78, 5) is 1.76. The van der Waals surface area contributed by atoms with Crippen LogP contribution in [0.25, 0.3) is 5.57 Å². The molecule has 0 amide bonds. The highest BCUT2D eigenvalue weighted by molar-refractivity contribution is 6.30. The van der Waals surface area contributed by atoms with E-state index in [9.17, 15) is 5.11 Å². The maximum absolute atomic E-state index is 10.3. The van der Waals surface area contributed by atoms with E-state index in [1.807, 2.05) is 61.5 Å². The van der Waals surface area contributed by atoms with Crippen LogP contribution in [0.5, 0.6) is 0 Å². The molecule has 3 rings (SSSR count).